The van der Waals surface area contributed by atoms with E-state index in [9.17, 15) is 5.11 Å². The number of aliphatic hydroxyl groups excluding tert-OH is 2. The molecule has 0 aliphatic rings. The predicted molar refractivity (Wildman–Crippen MR) is 47.6 cm³/mol. The zero-order chi connectivity index (χ0) is 9.68. The normalized spacial score (nSPS) is 14.5. The van der Waals surface area contributed by atoms with E-state index >= 15 is 0 Å². The van der Waals surface area contributed by atoms with E-state index in [2.05, 4.69) is 0 Å². The van der Waals surface area contributed by atoms with E-state index < -0.39 is 12.0 Å². The molecule has 0 saturated carbocycles. The molecular weight excluding hydrogens is 166 g/mol. The molecule has 1 aromatic carbocycles. The van der Waals surface area contributed by atoms with Gasteiger partial charge in [-0.2, -0.15) is 5.26 Å². The van der Waals surface area contributed by atoms with Gasteiger partial charge in [0.2, 0.25) is 0 Å². The number of nitrogens with zero attached hydrogens (tertiary/aromatic N) is 1. The van der Waals surface area contributed by atoms with Gasteiger partial charge in [0, 0.05) is 0 Å². The van der Waals surface area contributed by atoms with Crippen molar-refractivity contribution < 1.29 is 10.2 Å². The van der Waals surface area contributed by atoms with E-state index in [-0.39, 0.29) is 6.61 Å². The average molecular weight is 177 g/mol. The highest BCUT2D eigenvalue weighted by Gasteiger charge is 2.18. The standard InChI is InChI=1S/C10H11NO2/c11-6-9(7-12)10(13)8-4-2-1-3-5-8/h1-5,9-10,12-13H,7H2/t9-,10+/m1/s1. The van der Waals surface area contributed by atoms with Crippen LogP contribution in [0.15, 0.2) is 30.3 Å². The average Bonchev–Trinajstić information content (AvgIpc) is 2.21. The van der Waals surface area contributed by atoms with E-state index in [1.165, 1.54) is 0 Å². The second-order valence-corrected chi connectivity index (χ2v) is 2.77. The predicted octanol–water partition coefficient (Wildman–Crippen LogP) is 0.852. The molecule has 0 unspecified atom stereocenters. The minimum atomic E-state index is -0.906. The highest BCUT2D eigenvalue weighted by atomic mass is 16.3. The van der Waals surface area contributed by atoms with Crippen LogP contribution in [0.25, 0.3) is 0 Å². The van der Waals surface area contributed by atoms with Crippen LogP contribution in [-0.4, -0.2) is 16.8 Å². The summed E-state index contributed by atoms with van der Waals surface area (Å²) in [5.74, 6) is -0.748. The molecule has 0 aliphatic heterocycles. The van der Waals surface area contributed by atoms with E-state index in [1.54, 1.807) is 24.3 Å². The zero-order valence-corrected chi connectivity index (χ0v) is 7.09. The Balaban J connectivity index is 2.79. The van der Waals surface area contributed by atoms with Crippen LogP contribution in [0.5, 0.6) is 0 Å². The molecule has 0 bridgehead atoms. The lowest BCUT2D eigenvalue weighted by Crippen LogP contribution is -2.14. The van der Waals surface area contributed by atoms with E-state index in [0.717, 1.165) is 0 Å². The largest absolute Gasteiger partial charge is 0.395 e. The Kier molecular flexibility index (Phi) is 3.44. The van der Waals surface area contributed by atoms with Gasteiger partial charge >= 0.3 is 0 Å². The molecule has 0 fully saturated rings. The molecule has 2 N–H and O–H groups in total. The second-order valence-electron chi connectivity index (χ2n) is 2.77. The summed E-state index contributed by atoms with van der Waals surface area (Å²) in [7, 11) is 0. The molecule has 0 aliphatic carbocycles. The topological polar surface area (TPSA) is 64.2 Å². The van der Waals surface area contributed by atoms with Crippen LogP contribution in [0.4, 0.5) is 0 Å². The number of hydrogen-bond donors (Lipinski definition) is 2. The number of nitriles is 1. The molecule has 0 amide bonds. The summed E-state index contributed by atoms with van der Waals surface area (Å²) in [6, 6.07) is 10.7. The Bertz CT molecular complexity index is 292. The van der Waals surface area contributed by atoms with Crippen LogP contribution in [-0.2, 0) is 0 Å². The van der Waals surface area contributed by atoms with Gasteiger partial charge in [-0.15, -0.1) is 0 Å². The van der Waals surface area contributed by atoms with Gasteiger partial charge < -0.3 is 10.2 Å². The molecule has 0 spiro atoms. The Morgan fingerprint density at radius 1 is 1.31 bits per heavy atom. The molecular formula is C10H11NO2. The summed E-state index contributed by atoms with van der Waals surface area (Å²) in [6.45, 7) is -0.327. The van der Waals surface area contributed by atoms with Crippen LogP contribution in [0.2, 0.25) is 0 Å². The third-order valence-electron chi connectivity index (χ3n) is 1.88. The van der Waals surface area contributed by atoms with Crippen LogP contribution in [0, 0.1) is 17.2 Å². The molecule has 0 aromatic heterocycles. The number of rotatable bonds is 3. The van der Waals surface area contributed by atoms with Gasteiger partial charge in [-0.05, 0) is 5.56 Å². The van der Waals surface area contributed by atoms with E-state index in [1.807, 2.05) is 12.1 Å². The minimum Gasteiger partial charge on any atom is -0.395 e. The maximum absolute atomic E-state index is 9.60. The summed E-state index contributed by atoms with van der Waals surface area (Å²) in [5.41, 5.74) is 0.656. The Hall–Kier alpha value is -1.37. The first kappa shape index (κ1) is 9.72. The van der Waals surface area contributed by atoms with Gasteiger partial charge in [0.15, 0.2) is 0 Å². The fourth-order valence-electron chi connectivity index (χ4n) is 1.09. The summed E-state index contributed by atoms with van der Waals surface area (Å²) >= 11 is 0. The lowest BCUT2D eigenvalue weighted by Gasteiger charge is -2.13. The Morgan fingerprint density at radius 2 is 1.92 bits per heavy atom. The maximum Gasteiger partial charge on any atom is 0.0994 e. The lowest BCUT2D eigenvalue weighted by atomic mass is 9.98. The summed E-state index contributed by atoms with van der Waals surface area (Å²) in [4.78, 5) is 0. The Labute approximate surface area is 76.9 Å². The number of benzene rings is 1. The first-order valence-corrected chi connectivity index (χ1v) is 4.03. The fourth-order valence-corrected chi connectivity index (χ4v) is 1.09. The molecule has 68 valence electrons. The van der Waals surface area contributed by atoms with Crippen molar-refractivity contribution in [2.45, 2.75) is 6.10 Å². The van der Waals surface area contributed by atoms with Gasteiger partial charge in [-0.3, -0.25) is 0 Å². The van der Waals surface area contributed by atoms with E-state index in [4.69, 9.17) is 10.4 Å². The molecule has 13 heavy (non-hydrogen) atoms. The SMILES string of the molecule is N#C[C@H](CO)[C@@H](O)c1ccccc1. The molecule has 1 rings (SSSR count). The molecule has 0 heterocycles. The van der Waals surface area contributed by atoms with Crippen molar-refractivity contribution in [3.05, 3.63) is 35.9 Å². The zero-order valence-electron chi connectivity index (χ0n) is 7.09. The van der Waals surface area contributed by atoms with Gasteiger partial charge in [0.05, 0.1) is 24.7 Å². The third kappa shape index (κ3) is 2.28. The highest BCUT2D eigenvalue weighted by molar-refractivity contribution is 5.19. The van der Waals surface area contributed by atoms with Gasteiger partial charge in [-0.25, -0.2) is 0 Å². The highest BCUT2D eigenvalue weighted by Crippen LogP contribution is 2.20. The summed E-state index contributed by atoms with van der Waals surface area (Å²) in [5, 5.41) is 27.0. The van der Waals surface area contributed by atoms with E-state index in [0.29, 0.717) is 5.56 Å². The minimum absolute atomic E-state index is 0.327. The molecule has 2 atom stereocenters. The van der Waals surface area contributed by atoms with Crippen molar-refractivity contribution in [1.82, 2.24) is 0 Å². The van der Waals surface area contributed by atoms with Crippen molar-refractivity contribution in [1.29, 1.82) is 5.26 Å². The smallest absolute Gasteiger partial charge is 0.0994 e. The van der Waals surface area contributed by atoms with Crippen molar-refractivity contribution in [2.24, 2.45) is 5.92 Å². The third-order valence-corrected chi connectivity index (χ3v) is 1.88. The van der Waals surface area contributed by atoms with Gasteiger partial charge in [0.1, 0.15) is 0 Å². The lowest BCUT2D eigenvalue weighted by molar-refractivity contribution is 0.0956. The van der Waals surface area contributed by atoms with Gasteiger partial charge in [0.25, 0.3) is 0 Å². The first-order valence-electron chi connectivity index (χ1n) is 4.03. The second kappa shape index (κ2) is 4.61. The number of aliphatic hydroxyl groups is 2. The Morgan fingerprint density at radius 3 is 2.38 bits per heavy atom. The molecule has 1 aromatic rings. The van der Waals surface area contributed by atoms with Crippen LogP contribution >= 0.6 is 0 Å². The van der Waals surface area contributed by atoms with Crippen molar-refractivity contribution >= 4 is 0 Å². The fraction of sp³-hybridized carbons (Fsp3) is 0.300. The monoisotopic (exact) mass is 177 g/mol. The van der Waals surface area contributed by atoms with Crippen molar-refractivity contribution in [2.75, 3.05) is 6.61 Å². The van der Waals surface area contributed by atoms with Crippen molar-refractivity contribution in [3.63, 3.8) is 0 Å². The van der Waals surface area contributed by atoms with Crippen LogP contribution in [0.3, 0.4) is 0 Å². The molecule has 3 heteroatoms. The summed E-state index contributed by atoms with van der Waals surface area (Å²) < 4.78 is 0. The van der Waals surface area contributed by atoms with Crippen LogP contribution in [0.1, 0.15) is 11.7 Å². The summed E-state index contributed by atoms with van der Waals surface area (Å²) in [6.07, 6.45) is -0.906. The number of hydrogen-bond acceptors (Lipinski definition) is 3. The molecule has 3 nitrogen and oxygen atoms in total. The van der Waals surface area contributed by atoms with Crippen molar-refractivity contribution in [3.8, 4) is 6.07 Å². The molecule has 0 saturated heterocycles. The van der Waals surface area contributed by atoms with Gasteiger partial charge in [-0.1, -0.05) is 30.3 Å². The first-order chi connectivity index (χ1) is 6.29. The quantitative estimate of drug-likeness (QED) is 0.719. The maximum atomic E-state index is 9.60. The molecule has 0 radical (unpaired) electrons. The van der Waals surface area contributed by atoms with Crippen LogP contribution < -0.4 is 0 Å².